The van der Waals surface area contributed by atoms with Crippen LogP contribution in [0.4, 0.5) is 0 Å². The Morgan fingerprint density at radius 1 is 1.45 bits per heavy atom. The third kappa shape index (κ3) is 2.56. The van der Waals surface area contributed by atoms with Gasteiger partial charge in [0.1, 0.15) is 4.60 Å². The van der Waals surface area contributed by atoms with E-state index in [4.69, 9.17) is 0 Å². The molecule has 3 heteroatoms. The van der Waals surface area contributed by atoms with Crippen LogP contribution in [0, 0.1) is 0 Å². The van der Waals surface area contributed by atoms with Crippen molar-refractivity contribution in [3.8, 4) is 0 Å². The molecule has 1 aromatic rings. The van der Waals surface area contributed by atoms with Crippen LogP contribution in [0.1, 0.15) is 18.9 Å². The van der Waals surface area contributed by atoms with Crippen LogP contribution in [0.3, 0.4) is 0 Å². The average Bonchev–Trinajstić information content (AvgIpc) is 1.95. The van der Waals surface area contributed by atoms with E-state index in [0.29, 0.717) is 0 Å². The fourth-order valence-electron chi connectivity index (χ4n) is 0.889. The molecule has 0 unspecified atom stereocenters. The molecule has 0 atom stereocenters. The molecular formula is C8H9Br2N. The van der Waals surface area contributed by atoms with Crippen molar-refractivity contribution in [2.24, 2.45) is 0 Å². The van der Waals surface area contributed by atoms with E-state index < -0.39 is 0 Å². The van der Waals surface area contributed by atoms with Gasteiger partial charge in [0.05, 0.1) is 0 Å². The Morgan fingerprint density at radius 2 is 2.18 bits per heavy atom. The average molecular weight is 279 g/mol. The molecule has 1 rings (SSSR count). The second kappa shape index (κ2) is 4.21. The van der Waals surface area contributed by atoms with Crippen molar-refractivity contribution in [3.63, 3.8) is 0 Å². The van der Waals surface area contributed by atoms with Crippen LogP contribution in [0.15, 0.2) is 21.3 Å². The van der Waals surface area contributed by atoms with Gasteiger partial charge in [0.15, 0.2) is 0 Å². The summed E-state index contributed by atoms with van der Waals surface area (Å²) < 4.78 is 2.02. The van der Waals surface area contributed by atoms with Crippen LogP contribution in [0.5, 0.6) is 0 Å². The molecule has 0 amide bonds. The van der Waals surface area contributed by atoms with Gasteiger partial charge in [-0.3, -0.25) is 0 Å². The van der Waals surface area contributed by atoms with Crippen molar-refractivity contribution in [1.82, 2.24) is 4.98 Å². The lowest BCUT2D eigenvalue weighted by Crippen LogP contribution is -1.87. The smallest absolute Gasteiger partial charge is 0.107 e. The van der Waals surface area contributed by atoms with Gasteiger partial charge in [0, 0.05) is 10.7 Å². The van der Waals surface area contributed by atoms with Gasteiger partial charge in [-0.15, -0.1) is 0 Å². The predicted octanol–water partition coefficient (Wildman–Crippen LogP) is 3.56. The van der Waals surface area contributed by atoms with Crippen LogP contribution in [-0.4, -0.2) is 4.98 Å². The molecule has 0 N–H and O–H groups in total. The van der Waals surface area contributed by atoms with Crippen LogP contribution >= 0.6 is 31.9 Å². The topological polar surface area (TPSA) is 12.9 Å². The fraction of sp³-hybridized carbons (Fsp3) is 0.375. The molecule has 0 radical (unpaired) electrons. The minimum Gasteiger partial charge on any atom is -0.249 e. The fourth-order valence-corrected chi connectivity index (χ4v) is 2.05. The summed E-state index contributed by atoms with van der Waals surface area (Å²) in [6, 6.07) is 1.98. The molecule has 0 spiro atoms. The second-order valence-corrected chi connectivity index (χ2v) is 4.02. The molecule has 1 heterocycles. The number of aryl methyl sites for hydroxylation is 1. The van der Waals surface area contributed by atoms with Crippen LogP contribution in [-0.2, 0) is 6.42 Å². The lowest BCUT2D eigenvalue weighted by molar-refractivity contribution is 0.906. The number of aromatic nitrogens is 1. The molecule has 0 aromatic carbocycles. The van der Waals surface area contributed by atoms with Gasteiger partial charge in [0.2, 0.25) is 0 Å². The van der Waals surface area contributed by atoms with E-state index in [9.17, 15) is 0 Å². The zero-order chi connectivity index (χ0) is 8.27. The van der Waals surface area contributed by atoms with Crippen molar-refractivity contribution < 1.29 is 0 Å². The van der Waals surface area contributed by atoms with Gasteiger partial charge in [-0.1, -0.05) is 29.3 Å². The summed E-state index contributed by atoms with van der Waals surface area (Å²) in [4.78, 5) is 4.15. The Kier molecular flexibility index (Phi) is 3.52. The molecule has 0 saturated heterocycles. The zero-order valence-electron chi connectivity index (χ0n) is 6.27. The number of nitrogens with zero attached hydrogens (tertiary/aromatic N) is 1. The van der Waals surface area contributed by atoms with E-state index in [1.807, 2.05) is 12.3 Å². The molecule has 0 aliphatic rings. The van der Waals surface area contributed by atoms with Gasteiger partial charge in [-0.05, 0) is 34.0 Å². The van der Waals surface area contributed by atoms with E-state index in [-0.39, 0.29) is 0 Å². The molecule has 0 aliphatic heterocycles. The summed E-state index contributed by atoms with van der Waals surface area (Å²) in [6.07, 6.45) is 4.14. The van der Waals surface area contributed by atoms with Crippen molar-refractivity contribution in [2.75, 3.05) is 0 Å². The first-order valence-electron chi connectivity index (χ1n) is 3.54. The summed E-state index contributed by atoms with van der Waals surface area (Å²) in [6.45, 7) is 2.16. The van der Waals surface area contributed by atoms with E-state index in [1.54, 1.807) is 0 Å². The first-order valence-corrected chi connectivity index (χ1v) is 5.12. The zero-order valence-corrected chi connectivity index (χ0v) is 9.44. The van der Waals surface area contributed by atoms with Gasteiger partial charge < -0.3 is 0 Å². The molecule has 11 heavy (non-hydrogen) atoms. The van der Waals surface area contributed by atoms with Gasteiger partial charge in [-0.2, -0.15) is 0 Å². The van der Waals surface area contributed by atoms with E-state index in [1.165, 1.54) is 5.56 Å². The normalized spacial score (nSPS) is 10.1. The lowest BCUT2D eigenvalue weighted by atomic mass is 10.2. The highest BCUT2D eigenvalue weighted by atomic mass is 79.9. The summed E-state index contributed by atoms with van der Waals surface area (Å²) in [5.74, 6) is 0. The minimum atomic E-state index is 0.879. The Labute approximate surface area is 83.5 Å². The summed E-state index contributed by atoms with van der Waals surface area (Å²) in [5.41, 5.74) is 1.27. The van der Waals surface area contributed by atoms with Gasteiger partial charge >= 0.3 is 0 Å². The Morgan fingerprint density at radius 3 is 2.73 bits per heavy atom. The van der Waals surface area contributed by atoms with Crippen molar-refractivity contribution in [3.05, 3.63) is 26.9 Å². The lowest BCUT2D eigenvalue weighted by Gasteiger charge is -2.00. The highest BCUT2D eigenvalue weighted by Gasteiger charge is 1.99. The van der Waals surface area contributed by atoms with E-state index in [2.05, 4.69) is 43.8 Å². The van der Waals surface area contributed by atoms with E-state index >= 15 is 0 Å². The Hall–Kier alpha value is 0.110. The molecule has 0 aliphatic carbocycles. The monoisotopic (exact) mass is 277 g/mol. The van der Waals surface area contributed by atoms with Crippen LogP contribution in [0.25, 0.3) is 0 Å². The van der Waals surface area contributed by atoms with Crippen LogP contribution in [0.2, 0.25) is 0 Å². The third-order valence-electron chi connectivity index (χ3n) is 1.42. The maximum atomic E-state index is 4.15. The quantitative estimate of drug-likeness (QED) is 0.754. The SMILES string of the molecule is CCCc1cnc(Br)cc1Br. The number of hydrogen-bond acceptors (Lipinski definition) is 1. The highest BCUT2D eigenvalue weighted by molar-refractivity contribution is 9.11. The summed E-state index contributed by atoms with van der Waals surface area (Å²) >= 11 is 6.78. The Bertz CT molecular complexity index is 248. The maximum absolute atomic E-state index is 4.15. The summed E-state index contributed by atoms with van der Waals surface area (Å²) in [5, 5.41) is 0. The molecule has 0 bridgehead atoms. The molecule has 1 aromatic heterocycles. The predicted molar refractivity (Wildman–Crippen MR) is 53.6 cm³/mol. The number of rotatable bonds is 2. The number of pyridine rings is 1. The van der Waals surface area contributed by atoms with Gasteiger partial charge in [0.25, 0.3) is 0 Å². The largest absolute Gasteiger partial charge is 0.249 e. The van der Waals surface area contributed by atoms with Crippen molar-refractivity contribution in [2.45, 2.75) is 19.8 Å². The standard InChI is InChI=1S/C8H9Br2N/c1-2-3-6-5-11-8(10)4-7(6)9/h4-5H,2-3H2,1H3. The second-order valence-electron chi connectivity index (χ2n) is 2.35. The molecular weight excluding hydrogens is 270 g/mol. The Balaban J connectivity index is 2.90. The summed E-state index contributed by atoms with van der Waals surface area (Å²) in [7, 11) is 0. The molecule has 60 valence electrons. The minimum absolute atomic E-state index is 0.879. The molecule has 1 nitrogen and oxygen atoms in total. The first-order chi connectivity index (χ1) is 5.24. The molecule has 0 fully saturated rings. The maximum Gasteiger partial charge on any atom is 0.107 e. The van der Waals surface area contributed by atoms with Gasteiger partial charge in [-0.25, -0.2) is 4.98 Å². The van der Waals surface area contributed by atoms with Crippen molar-refractivity contribution >= 4 is 31.9 Å². The third-order valence-corrected chi connectivity index (χ3v) is 2.59. The number of hydrogen-bond donors (Lipinski definition) is 0. The number of halogens is 2. The molecule has 0 saturated carbocycles. The van der Waals surface area contributed by atoms with Crippen molar-refractivity contribution in [1.29, 1.82) is 0 Å². The first kappa shape index (κ1) is 9.20. The highest BCUT2D eigenvalue weighted by Crippen LogP contribution is 2.20. The van der Waals surface area contributed by atoms with Crippen LogP contribution < -0.4 is 0 Å². The van der Waals surface area contributed by atoms with E-state index in [0.717, 1.165) is 21.9 Å².